The molecule has 2 saturated heterocycles. The lowest BCUT2D eigenvalue weighted by molar-refractivity contribution is -0.277. The fourth-order valence-electron chi connectivity index (χ4n) is 6.81. The molecule has 0 unspecified atom stereocenters. The molecule has 0 aliphatic carbocycles. The molecule has 0 saturated carbocycles. The van der Waals surface area contributed by atoms with Crippen LogP contribution < -0.4 is 30.7 Å². The van der Waals surface area contributed by atoms with E-state index in [-0.39, 0.29) is 60.4 Å². The number of ether oxygens (including phenoxy) is 4. The van der Waals surface area contributed by atoms with Crippen LogP contribution in [0.15, 0.2) is 85.2 Å². The van der Waals surface area contributed by atoms with Crippen LogP contribution in [-0.2, 0) is 19.1 Å². The quantitative estimate of drug-likeness (QED) is 0.0492. The van der Waals surface area contributed by atoms with Gasteiger partial charge in [0.25, 0.3) is 11.8 Å². The van der Waals surface area contributed by atoms with Gasteiger partial charge in [0.15, 0.2) is 0 Å². The Kier molecular flexibility index (Phi) is 17.4. The zero-order valence-corrected chi connectivity index (χ0v) is 35.3. The van der Waals surface area contributed by atoms with Crippen LogP contribution in [0, 0.1) is 0 Å². The number of pyridine rings is 2. The van der Waals surface area contributed by atoms with Gasteiger partial charge in [0.1, 0.15) is 60.3 Å². The van der Waals surface area contributed by atoms with Crippen LogP contribution in [0.2, 0.25) is 0 Å². The number of benzene rings is 2. The Morgan fingerprint density at radius 1 is 0.530 bits per heavy atom. The topological polar surface area (TPSA) is 341 Å². The number of hydrogen-bond acceptors (Lipinski definition) is 18. The molecule has 2 aliphatic heterocycles. The summed E-state index contributed by atoms with van der Waals surface area (Å²) in [6.45, 7) is -0.820. The molecule has 12 N–H and O–H groups in total. The van der Waals surface area contributed by atoms with Gasteiger partial charge >= 0.3 is 0 Å². The van der Waals surface area contributed by atoms with E-state index in [0.29, 0.717) is 35.6 Å². The second-order valence-electron chi connectivity index (χ2n) is 15.4. The van der Waals surface area contributed by atoms with E-state index in [0.717, 1.165) is 0 Å². The Labute approximate surface area is 377 Å². The molecule has 22 heteroatoms. The Bertz CT molecular complexity index is 2090. The SMILES string of the molecule is O=C(CCCNC(=O)c1ccnc(-c2cc(C(=O)NCCCC(=O)Nc3ccc(O[C@H]4O[C@H](CO)[C@@H](O)[C@H](O)[C@@H]4O)cc3)ccn2)c1)Nc1ccc(O[C@H]2O[C@H](CO)[C@@H](O)[C@H](O)[C@@H]2O)cc1. The average molecular weight is 921 g/mol. The molecule has 6 rings (SSSR count). The summed E-state index contributed by atoms with van der Waals surface area (Å²) in [7, 11) is 0. The van der Waals surface area contributed by atoms with Gasteiger partial charge in [-0.05, 0) is 85.6 Å². The van der Waals surface area contributed by atoms with E-state index in [1.807, 2.05) is 0 Å². The van der Waals surface area contributed by atoms with Crippen LogP contribution in [-0.4, -0.2) is 162 Å². The van der Waals surface area contributed by atoms with Crippen LogP contribution in [0.1, 0.15) is 46.4 Å². The molecule has 2 fully saturated rings. The van der Waals surface area contributed by atoms with Crippen molar-refractivity contribution in [1.82, 2.24) is 20.6 Å². The first-order valence-corrected chi connectivity index (χ1v) is 21.0. The van der Waals surface area contributed by atoms with Gasteiger partial charge in [-0.2, -0.15) is 0 Å². The highest BCUT2D eigenvalue weighted by molar-refractivity contribution is 5.96. The van der Waals surface area contributed by atoms with Gasteiger partial charge in [0.2, 0.25) is 24.4 Å². The predicted molar refractivity (Wildman–Crippen MR) is 230 cm³/mol. The van der Waals surface area contributed by atoms with Crippen molar-refractivity contribution in [3.63, 3.8) is 0 Å². The summed E-state index contributed by atoms with van der Waals surface area (Å²) in [4.78, 5) is 59.7. The second-order valence-corrected chi connectivity index (χ2v) is 15.4. The number of aliphatic hydroxyl groups excluding tert-OH is 8. The molecule has 0 spiro atoms. The summed E-state index contributed by atoms with van der Waals surface area (Å²) in [5, 5.41) is 89.9. The molecule has 4 aromatic rings. The predicted octanol–water partition coefficient (Wildman–Crippen LogP) is -1.20. The molecular weight excluding hydrogens is 869 g/mol. The van der Waals surface area contributed by atoms with E-state index in [4.69, 9.17) is 18.9 Å². The molecule has 4 amide bonds. The minimum absolute atomic E-state index is 0.0864. The smallest absolute Gasteiger partial charge is 0.251 e. The summed E-state index contributed by atoms with van der Waals surface area (Å²) < 4.78 is 21.8. The van der Waals surface area contributed by atoms with Crippen molar-refractivity contribution >= 4 is 35.0 Å². The van der Waals surface area contributed by atoms with Crippen LogP contribution in [0.5, 0.6) is 11.5 Å². The van der Waals surface area contributed by atoms with Gasteiger partial charge in [-0.25, -0.2) is 0 Å². The van der Waals surface area contributed by atoms with Gasteiger partial charge in [-0.3, -0.25) is 29.1 Å². The third-order valence-corrected chi connectivity index (χ3v) is 10.5. The summed E-state index contributed by atoms with van der Waals surface area (Å²) >= 11 is 0. The van der Waals surface area contributed by atoms with Crippen molar-refractivity contribution in [2.75, 3.05) is 36.9 Å². The molecule has 4 heterocycles. The van der Waals surface area contributed by atoms with Gasteiger partial charge < -0.3 is 81.1 Å². The maximum absolute atomic E-state index is 13.0. The van der Waals surface area contributed by atoms with Crippen LogP contribution in [0.25, 0.3) is 11.4 Å². The van der Waals surface area contributed by atoms with Gasteiger partial charge in [0, 0.05) is 60.8 Å². The van der Waals surface area contributed by atoms with E-state index in [2.05, 4.69) is 31.2 Å². The summed E-state index contributed by atoms with van der Waals surface area (Å²) in [6.07, 6.45) is -10.6. The van der Waals surface area contributed by atoms with Crippen LogP contribution in [0.4, 0.5) is 11.4 Å². The third kappa shape index (κ3) is 13.0. The molecule has 2 aromatic carbocycles. The summed E-state index contributed by atoms with van der Waals surface area (Å²) in [5.74, 6) is -0.984. The molecule has 2 aliphatic rings. The fourth-order valence-corrected chi connectivity index (χ4v) is 6.81. The van der Waals surface area contributed by atoms with Crippen molar-refractivity contribution in [2.45, 2.75) is 87.1 Å². The first-order valence-electron chi connectivity index (χ1n) is 21.0. The number of nitrogens with one attached hydrogen (secondary N) is 4. The highest BCUT2D eigenvalue weighted by atomic mass is 16.7. The van der Waals surface area contributed by atoms with Gasteiger partial charge in [0.05, 0.1) is 24.6 Å². The second kappa shape index (κ2) is 23.3. The van der Waals surface area contributed by atoms with Gasteiger partial charge in [-0.15, -0.1) is 0 Å². The molecule has 0 radical (unpaired) electrons. The number of carbonyl (C=O) groups excluding carboxylic acids is 4. The normalized spacial score (nSPS) is 25.0. The Hall–Kier alpha value is -6.18. The molecule has 0 bridgehead atoms. The molecule has 10 atom stereocenters. The van der Waals surface area contributed by atoms with Crippen molar-refractivity contribution in [2.24, 2.45) is 0 Å². The monoisotopic (exact) mass is 920 g/mol. The lowest BCUT2D eigenvalue weighted by atomic mass is 9.99. The van der Waals surface area contributed by atoms with Crippen LogP contribution in [0.3, 0.4) is 0 Å². The number of nitrogens with zero attached hydrogens (tertiary/aromatic N) is 2. The van der Waals surface area contributed by atoms with Crippen molar-refractivity contribution in [3.8, 4) is 22.9 Å². The summed E-state index contributed by atoms with van der Waals surface area (Å²) in [6, 6.07) is 18.3. The van der Waals surface area contributed by atoms with E-state index in [9.17, 15) is 60.0 Å². The minimum Gasteiger partial charge on any atom is -0.462 e. The maximum Gasteiger partial charge on any atom is 0.251 e. The largest absolute Gasteiger partial charge is 0.462 e. The standard InChI is InChI=1S/C44H52N6O16/c51-21-31-35(55)37(57)39(59)43(65-31)63-27-9-5-25(6-10-27)49-33(53)3-1-15-47-41(61)23-13-17-45-29(19-23)30-20-24(14-18-46-30)42(62)48-16-2-4-34(54)50-26-7-11-28(12-8-26)64-44-40(60)38(58)36(56)32(22-52)66-44/h5-14,17-20,31-32,35-40,43-44,51-52,55-60H,1-4,15-16,21-22H2,(H,47,61)(H,48,62)(H,49,53)(H,50,54)/t31-,32-,35-,36-,37+,38+,39+,40+,43+,44+/m1/s1. The number of carbonyl (C=O) groups is 4. The lowest BCUT2D eigenvalue weighted by Crippen LogP contribution is -2.60. The fraction of sp³-hybridized carbons (Fsp3) is 0.409. The molecular formula is C44H52N6O16. The van der Waals surface area contributed by atoms with Crippen molar-refractivity contribution < 1.29 is 79.0 Å². The third-order valence-electron chi connectivity index (χ3n) is 10.5. The molecule has 66 heavy (non-hydrogen) atoms. The van der Waals surface area contributed by atoms with E-state index >= 15 is 0 Å². The number of anilines is 2. The van der Waals surface area contributed by atoms with Crippen molar-refractivity contribution in [3.05, 3.63) is 96.3 Å². The summed E-state index contributed by atoms with van der Waals surface area (Å²) in [5.41, 5.74) is 2.13. The zero-order chi connectivity index (χ0) is 47.3. The first-order chi connectivity index (χ1) is 31.7. The maximum atomic E-state index is 13.0. The number of hydrogen-bond donors (Lipinski definition) is 12. The average Bonchev–Trinajstić information content (AvgIpc) is 3.33. The van der Waals surface area contributed by atoms with Crippen molar-refractivity contribution in [1.29, 1.82) is 0 Å². The number of aromatic nitrogens is 2. The Balaban J connectivity index is 0.881. The highest BCUT2D eigenvalue weighted by Crippen LogP contribution is 2.27. The minimum atomic E-state index is -1.59. The van der Waals surface area contributed by atoms with E-state index in [1.165, 1.54) is 60.9 Å². The Morgan fingerprint density at radius 3 is 1.27 bits per heavy atom. The highest BCUT2D eigenvalue weighted by Gasteiger charge is 2.46. The van der Waals surface area contributed by atoms with E-state index in [1.54, 1.807) is 24.3 Å². The zero-order valence-electron chi connectivity index (χ0n) is 35.3. The number of rotatable bonds is 19. The number of aliphatic hydroxyl groups is 8. The van der Waals surface area contributed by atoms with Crippen LogP contribution >= 0.6 is 0 Å². The number of amides is 4. The molecule has 22 nitrogen and oxygen atoms in total. The van der Waals surface area contributed by atoms with Gasteiger partial charge in [-0.1, -0.05) is 0 Å². The molecule has 2 aromatic heterocycles. The van der Waals surface area contributed by atoms with E-state index < -0.39 is 86.4 Å². The molecule has 354 valence electrons. The Morgan fingerprint density at radius 2 is 0.909 bits per heavy atom. The first kappa shape index (κ1) is 49.3. The lowest BCUT2D eigenvalue weighted by Gasteiger charge is -2.39.